The molecule has 4 rings (SSSR count). The number of hydrogen-bond acceptors (Lipinski definition) is 8. The maximum absolute atomic E-state index is 14.1. The molecule has 1 N–H and O–H groups in total. The first-order chi connectivity index (χ1) is 18.6. The Morgan fingerprint density at radius 3 is 2.03 bits per heavy atom. The minimum atomic E-state index is -4.85. The van der Waals surface area contributed by atoms with Gasteiger partial charge in [-0.15, -0.1) is 0 Å². The summed E-state index contributed by atoms with van der Waals surface area (Å²) >= 11 is 6.38. The van der Waals surface area contributed by atoms with Crippen LogP contribution in [0, 0.1) is 0 Å². The Balaban J connectivity index is 1.82. The van der Waals surface area contributed by atoms with E-state index in [1.54, 1.807) is 0 Å². The topological polar surface area (TPSA) is 105 Å². The van der Waals surface area contributed by atoms with Crippen molar-refractivity contribution in [2.75, 3.05) is 40.9 Å². The Morgan fingerprint density at radius 1 is 0.872 bits per heavy atom. The minimum Gasteiger partial charge on any atom is -0.493 e. The molecule has 0 fully saturated rings. The maximum atomic E-state index is 14.1. The summed E-state index contributed by atoms with van der Waals surface area (Å²) in [5.74, 6) is 0.551. The number of rotatable bonds is 8. The molecule has 0 spiro atoms. The predicted molar refractivity (Wildman–Crippen MR) is 136 cm³/mol. The largest absolute Gasteiger partial charge is 0.493 e. The normalized spacial score (nSPS) is 11.3. The number of amides is 1. The fourth-order valence-corrected chi connectivity index (χ4v) is 4.07. The highest BCUT2D eigenvalue weighted by Gasteiger charge is 2.37. The van der Waals surface area contributed by atoms with E-state index in [0.717, 1.165) is 6.07 Å². The van der Waals surface area contributed by atoms with Crippen LogP contribution in [-0.2, 0) is 6.18 Å². The lowest BCUT2D eigenvalue weighted by atomic mass is 10.1. The van der Waals surface area contributed by atoms with E-state index in [1.165, 1.54) is 65.9 Å². The van der Waals surface area contributed by atoms with Crippen LogP contribution < -0.4 is 29.0 Å². The lowest BCUT2D eigenvalue weighted by molar-refractivity contribution is -0.142. The lowest BCUT2D eigenvalue weighted by Gasteiger charge is -2.14. The second-order valence-electron chi connectivity index (χ2n) is 7.86. The van der Waals surface area contributed by atoms with Crippen LogP contribution in [0.15, 0.2) is 36.4 Å². The molecular formula is C25H22ClF3N4O6. The molecule has 4 aromatic rings. The number of ether oxygens (including phenoxy) is 5. The Bertz CT molecular complexity index is 1530. The van der Waals surface area contributed by atoms with Gasteiger partial charge >= 0.3 is 6.18 Å². The van der Waals surface area contributed by atoms with Crippen molar-refractivity contribution < 1.29 is 41.7 Å². The second kappa shape index (κ2) is 10.8. The van der Waals surface area contributed by atoms with Gasteiger partial charge in [-0.25, -0.2) is 9.50 Å². The van der Waals surface area contributed by atoms with E-state index in [4.69, 9.17) is 35.3 Å². The number of anilines is 1. The zero-order chi connectivity index (χ0) is 28.5. The van der Waals surface area contributed by atoms with Gasteiger partial charge in [-0.1, -0.05) is 11.6 Å². The quantitative estimate of drug-likeness (QED) is 0.304. The number of alkyl halides is 3. The predicted octanol–water partition coefficient (Wildman–Crippen LogP) is 5.36. The van der Waals surface area contributed by atoms with E-state index in [9.17, 15) is 18.0 Å². The number of halogens is 4. The highest BCUT2D eigenvalue weighted by Crippen LogP contribution is 2.41. The summed E-state index contributed by atoms with van der Waals surface area (Å²) in [7, 11) is 7.02. The van der Waals surface area contributed by atoms with Gasteiger partial charge in [0.05, 0.1) is 41.2 Å². The summed E-state index contributed by atoms with van der Waals surface area (Å²) in [6, 6.07) is 8.21. The van der Waals surface area contributed by atoms with Gasteiger partial charge in [-0.05, 0) is 24.3 Å². The van der Waals surface area contributed by atoms with E-state index < -0.39 is 23.5 Å². The van der Waals surface area contributed by atoms with Crippen molar-refractivity contribution in [3.05, 3.63) is 52.8 Å². The summed E-state index contributed by atoms with van der Waals surface area (Å²) in [6.45, 7) is 0. The number of carbonyl (C=O) groups is 1. The van der Waals surface area contributed by atoms with E-state index in [0.29, 0.717) is 15.8 Å². The highest BCUT2D eigenvalue weighted by molar-refractivity contribution is 6.37. The van der Waals surface area contributed by atoms with Crippen molar-refractivity contribution in [2.45, 2.75) is 6.18 Å². The summed E-state index contributed by atoms with van der Waals surface area (Å²) in [5.41, 5.74) is -1.63. The molecule has 0 atom stereocenters. The first kappa shape index (κ1) is 27.6. The van der Waals surface area contributed by atoms with Crippen molar-refractivity contribution in [3.8, 4) is 40.0 Å². The number of hydrogen-bond donors (Lipinski definition) is 1. The molecule has 2 aromatic heterocycles. The van der Waals surface area contributed by atoms with Crippen LogP contribution in [0.1, 0.15) is 16.2 Å². The molecule has 2 aromatic carbocycles. The molecule has 0 aliphatic carbocycles. The van der Waals surface area contributed by atoms with Gasteiger partial charge in [0, 0.05) is 23.4 Å². The molecule has 10 nitrogen and oxygen atoms in total. The van der Waals surface area contributed by atoms with Crippen LogP contribution in [0.2, 0.25) is 5.02 Å². The van der Waals surface area contributed by atoms with Crippen molar-refractivity contribution in [1.29, 1.82) is 0 Å². The molecule has 0 aliphatic heterocycles. The van der Waals surface area contributed by atoms with Crippen molar-refractivity contribution in [3.63, 3.8) is 0 Å². The molecule has 0 saturated heterocycles. The van der Waals surface area contributed by atoms with E-state index in [1.807, 2.05) is 0 Å². The summed E-state index contributed by atoms with van der Waals surface area (Å²) < 4.78 is 69.0. The van der Waals surface area contributed by atoms with Crippen LogP contribution >= 0.6 is 11.6 Å². The highest BCUT2D eigenvalue weighted by atomic mass is 35.5. The molecule has 0 bridgehead atoms. The summed E-state index contributed by atoms with van der Waals surface area (Å²) in [4.78, 5) is 17.4. The molecule has 2 heterocycles. The van der Waals surface area contributed by atoms with Crippen LogP contribution in [-0.4, -0.2) is 56.1 Å². The van der Waals surface area contributed by atoms with Gasteiger partial charge < -0.3 is 29.0 Å². The second-order valence-corrected chi connectivity index (χ2v) is 8.24. The monoisotopic (exact) mass is 566 g/mol. The SMILES string of the molecule is COc1ccc(-c2cc(C(F)(F)F)n3nc(C(=O)Nc4cc(OC)c(OC)c(OC)c4)c(Cl)c3n2)cc1OC. The van der Waals surface area contributed by atoms with Crippen LogP contribution in [0.5, 0.6) is 28.7 Å². The third kappa shape index (κ3) is 5.17. The Hall–Kier alpha value is -4.39. The minimum absolute atomic E-state index is 0.0748. The number of fused-ring (bicyclic) bond motifs is 1. The van der Waals surface area contributed by atoms with E-state index >= 15 is 0 Å². The first-order valence-corrected chi connectivity index (χ1v) is 11.4. The Morgan fingerprint density at radius 2 is 1.49 bits per heavy atom. The van der Waals surface area contributed by atoms with Crippen LogP contribution in [0.4, 0.5) is 18.9 Å². The fourth-order valence-electron chi connectivity index (χ4n) is 3.83. The van der Waals surface area contributed by atoms with E-state index in [2.05, 4.69) is 15.4 Å². The number of methoxy groups -OCH3 is 5. The van der Waals surface area contributed by atoms with Crippen LogP contribution in [0.3, 0.4) is 0 Å². The lowest BCUT2D eigenvalue weighted by Crippen LogP contribution is -2.16. The number of carbonyl (C=O) groups excluding carboxylic acids is 1. The number of nitrogens with zero attached hydrogens (tertiary/aromatic N) is 3. The smallest absolute Gasteiger partial charge is 0.433 e. The first-order valence-electron chi connectivity index (χ1n) is 11.1. The van der Waals surface area contributed by atoms with Gasteiger partial charge in [0.15, 0.2) is 40.0 Å². The van der Waals surface area contributed by atoms with Crippen molar-refractivity contribution >= 4 is 28.8 Å². The summed E-state index contributed by atoms with van der Waals surface area (Å²) in [5, 5.41) is 6.00. The molecule has 206 valence electrons. The number of nitrogens with one attached hydrogen (secondary N) is 1. The third-order valence-electron chi connectivity index (χ3n) is 5.64. The van der Waals surface area contributed by atoms with Gasteiger partial charge in [-0.2, -0.15) is 18.3 Å². The fraction of sp³-hybridized carbons (Fsp3) is 0.240. The molecule has 0 aliphatic rings. The Kier molecular flexibility index (Phi) is 7.63. The summed E-state index contributed by atoms with van der Waals surface area (Å²) in [6.07, 6.45) is -4.85. The average molecular weight is 567 g/mol. The van der Waals surface area contributed by atoms with Crippen LogP contribution in [0.25, 0.3) is 16.9 Å². The van der Waals surface area contributed by atoms with E-state index in [-0.39, 0.29) is 45.0 Å². The van der Waals surface area contributed by atoms with Crippen molar-refractivity contribution in [2.24, 2.45) is 0 Å². The van der Waals surface area contributed by atoms with Crippen molar-refractivity contribution in [1.82, 2.24) is 14.6 Å². The van der Waals surface area contributed by atoms with Gasteiger partial charge in [0.25, 0.3) is 5.91 Å². The molecule has 0 saturated carbocycles. The molecule has 0 radical (unpaired) electrons. The third-order valence-corrected chi connectivity index (χ3v) is 5.99. The average Bonchev–Trinajstić information content (AvgIpc) is 3.27. The zero-order valence-electron chi connectivity index (χ0n) is 21.3. The standard InChI is InChI=1S/C25H22ClF3N4O6/c1-35-15-7-6-12(8-16(15)36-2)14-11-19(25(27,28)29)33-23(31-14)20(26)21(32-33)24(34)30-13-9-17(37-3)22(39-5)18(10-13)38-4/h6-11H,1-5H3,(H,30,34). The van der Waals surface area contributed by atoms with Gasteiger partial charge in [0.2, 0.25) is 5.75 Å². The van der Waals surface area contributed by atoms with Gasteiger partial charge in [0.1, 0.15) is 5.02 Å². The maximum Gasteiger partial charge on any atom is 0.433 e. The Labute approximate surface area is 225 Å². The molecule has 1 amide bonds. The number of benzene rings is 2. The molecule has 0 unspecified atom stereocenters. The molecular weight excluding hydrogens is 545 g/mol. The van der Waals surface area contributed by atoms with Gasteiger partial charge in [-0.3, -0.25) is 4.79 Å². The zero-order valence-corrected chi connectivity index (χ0v) is 22.0. The molecule has 14 heteroatoms. The number of aromatic nitrogens is 3. The molecule has 39 heavy (non-hydrogen) atoms.